The molecule has 6 heteroatoms. The normalized spacial score (nSPS) is 18.2. The quantitative estimate of drug-likeness (QED) is 0.697. The van der Waals surface area contributed by atoms with Gasteiger partial charge in [-0.3, -0.25) is 0 Å². The van der Waals surface area contributed by atoms with Crippen LogP contribution in [-0.4, -0.2) is 52.4 Å². The van der Waals surface area contributed by atoms with Crippen LogP contribution in [0.1, 0.15) is 25.5 Å². The van der Waals surface area contributed by atoms with E-state index in [-0.39, 0.29) is 6.04 Å². The van der Waals surface area contributed by atoms with Gasteiger partial charge in [0.05, 0.1) is 5.69 Å². The molecule has 1 aromatic heterocycles. The molecule has 1 unspecified atom stereocenters. The highest BCUT2D eigenvalue weighted by atomic mass is 32.2. The van der Waals surface area contributed by atoms with Gasteiger partial charge in [-0.1, -0.05) is 38.1 Å². The lowest BCUT2D eigenvalue weighted by Crippen LogP contribution is -2.42. The average Bonchev–Trinajstić information content (AvgIpc) is 2.69. The van der Waals surface area contributed by atoms with E-state index < -0.39 is 0 Å². The van der Waals surface area contributed by atoms with Crippen molar-refractivity contribution in [2.45, 2.75) is 24.9 Å². The van der Waals surface area contributed by atoms with E-state index >= 15 is 0 Å². The van der Waals surface area contributed by atoms with Crippen LogP contribution >= 0.6 is 11.8 Å². The van der Waals surface area contributed by atoms with Crippen molar-refractivity contribution in [2.24, 2.45) is 4.99 Å². The maximum Gasteiger partial charge on any atom is 0.171 e. The molecule has 136 valence electrons. The molecule has 2 heterocycles. The van der Waals surface area contributed by atoms with Crippen LogP contribution in [0, 0.1) is 0 Å². The first kappa shape index (κ1) is 18.6. The molecule has 0 bridgehead atoms. The third-order valence-corrected chi connectivity index (χ3v) is 5.59. The number of thioether (sulfide) groups is 1. The number of benzene rings is 1. The standard InChI is InChI=1S/C20H24N4OS/c1-3-23(4-2)13-14-24-18(15-25)17-11-8-12-21-19(17)26-20(24)22-16-9-6-5-7-10-16/h5-12,15,18H,3-4,13-14H2,1-2H3. The summed E-state index contributed by atoms with van der Waals surface area (Å²) in [5.41, 5.74) is 1.84. The lowest BCUT2D eigenvalue weighted by Gasteiger charge is -2.36. The molecule has 0 saturated heterocycles. The predicted octanol–water partition coefficient (Wildman–Crippen LogP) is 3.76. The van der Waals surface area contributed by atoms with Crippen LogP contribution in [0.25, 0.3) is 0 Å². The molecule has 0 fully saturated rings. The number of likely N-dealkylation sites (N-methyl/N-ethyl adjacent to an activating group) is 1. The van der Waals surface area contributed by atoms with Gasteiger partial charge >= 0.3 is 0 Å². The predicted molar refractivity (Wildman–Crippen MR) is 107 cm³/mol. The van der Waals surface area contributed by atoms with E-state index in [0.717, 1.165) is 53.9 Å². The highest BCUT2D eigenvalue weighted by Crippen LogP contribution is 2.38. The van der Waals surface area contributed by atoms with Crippen molar-refractivity contribution < 1.29 is 4.79 Å². The van der Waals surface area contributed by atoms with Gasteiger partial charge in [-0.15, -0.1) is 0 Å². The fourth-order valence-corrected chi connectivity index (χ4v) is 4.08. The molecule has 0 amide bonds. The Morgan fingerprint density at radius 1 is 1.19 bits per heavy atom. The molecular weight excluding hydrogens is 344 g/mol. The summed E-state index contributed by atoms with van der Waals surface area (Å²) >= 11 is 1.53. The van der Waals surface area contributed by atoms with Crippen molar-refractivity contribution in [1.29, 1.82) is 0 Å². The summed E-state index contributed by atoms with van der Waals surface area (Å²) in [5.74, 6) is 0. The van der Waals surface area contributed by atoms with Crippen molar-refractivity contribution in [3.63, 3.8) is 0 Å². The molecule has 0 saturated carbocycles. The Morgan fingerprint density at radius 3 is 2.65 bits per heavy atom. The average molecular weight is 369 g/mol. The summed E-state index contributed by atoms with van der Waals surface area (Å²) in [6, 6.07) is 13.4. The number of amidine groups is 1. The summed E-state index contributed by atoms with van der Waals surface area (Å²) in [6.45, 7) is 7.94. The van der Waals surface area contributed by atoms with Crippen molar-refractivity contribution in [2.75, 3.05) is 26.2 Å². The molecule has 1 aliphatic rings. The third kappa shape index (κ3) is 4.14. The number of aromatic nitrogens is 1. The van der Waals surface area contributed by atoms with E-state index in [1.54, 1.807) is 6.20 Å². The van der Waals surface area contributed by atoms with Gasteiger partial charge in [-0.25, -0.2) is 9.98 Å². The molecule has 3 rings (SSSR count). The molecule has 1 atom stereocenters. The van der Waals surface area contributed by atoms with Gasteiger partial charge < -0.3 is 14.6 Å². The number of rotatable bonds is 7. The first-order chi connectivity index (χ1) is 12.8. The van der Waals surface area contributed by atoms with Crippen LogP contribution in [0.3, 0.4) is 0 Å². The minimum atomic E-state index is -0.349. The Kier molecular flexibility index (Phi) is 6.41. The highest BCUT2D eigenvalue weighted by molar-refractivity contribution is 8.13. The van der Waals surface area contributed by atoms with Crippen LogP contribution in [-0.2, 0) is 4.79 Å². The second kappa shape index (κ2) is 8.96. The third-order valence-electron chi connectivity index (χ3n) is 4.55. The SMILES string of the molecule is CCN(CC)CCN1C(=Nc2ccccc2)Sc2ncccc2C1C=O. The highest BCUT2D eigenvalue weighted by Gasteiger charge is 2.32. The van der Waals surface area contributed by atoms with E-state index in [4.69, 9.17) is 4.99 Å². The number of hydrogen-bond donors (Lipinski definition) is 0. The van der Waals surface area contributed by atoms with Gasteiger partial charge in [-0.2, -0.15) is 0 Å². The Balaban J connectivity index is 1.96. The number of para-hydroxylation sites is 1. The van der Waals surface area contributed by atoms with Crippen LogP contribution in [0.5, 0.6) is 0 Å². The summed E-state index contributed by atoms with van der Waals surface area (Å²) in [4.78, 5) is 25.7. The summed E-state index contributed by atoms with van der Waals surface area (Å²) < 4.78 is 0. The number of hydrogen-bond acceptors (Lipinski definition) is 5. The van der Waals surface area contributed by atoms with Crippen molar-refractivity contribution in [1.82, 2.24) is 14.8 Å². The van der Waals surface area contributed by atoms with Gasteiger partial charge in [0.25, 0.3) is 0 Å². The second-order valence-corrected chi connectivity index (χ2v) is 6.99. The number of carbonyl (C=O) groups is 1. The molecule has 1 aliphatic heterocycles. The number of nitrogens with zero attached hydrogens (tertiary/aromatic N) is 4. The second-order valence-electron chi connectivity index (χ2n) is 6.03. The molecule has 1 aromatic carbocycles. The molecule has 0 radical (unpaired) electrons. The summed E-state index contributed by atoms with van der Waals surface area (Å²) in [5, 5.41) is 1.69. The molecule has 0 N–H and O–H groups in total. The van der Waals surface area contributed by atoms with Crippen LogP contribution in [0.15, 0.2) is 58.7 Å². The van der Waals surface area contributed by atoms with E-state index in [9.17, 15) is 4.79 Å². The summed E-state index contributed by atoms with van der Waals surface area (Å²) in [6.07, 6.45) is 2.77. The largest absolute Gasteiger partial charge is 0.336 e. The molecule has 0 spiro atoms. The molecule has 26 heavy (non-hydrogen) atoms. The Morgan fingerprint density at radius 2 is 1.96 bits per heavy atom. The minimum absolute atomic E-state index is 0.349. The topological polar surface area (TPSA) is 48.8 Å². The Hall–Kier alpha value is -2.18. The lowest BCUT2D eigenvalue weighted by atomic mass is 10.1. The maximum atomic E-state index is 12.0. The van der Waals surface area contributed by atoms with Crippen molar-refractivity contribution in [3.05, 3.63) is 54.2 Å². The number of fused-ring (bicyclic) bond motifs is 1. The number of aldehydes is 1. The summed E-state index contributed by atoms with van der Waals surface area (Å²) in [7, 11) is 0. The fraction of sp³-hybridized carbons (Fsp3) is 0.350. The van der Waals surface area contributed by atoms with Gasteiger partial charge in [0.1, 0.15) is 17.4 Å². The van der Waals surface area contributed by atoms with Crippen LogP contribution in [0.2, 0.25) is 0 Å². The van der Waals surface area contributed by atoms with E-state index in [0.29, 0.717) is 0 Å². The zero-order chi connectivity index (χ0) is 18.4. The van der Waals surface area contributed by atoms with Gasteiger partial charge in [-0.05, 0) is 43.1 Å². The van der Waals surface area contributed by atoms with E-state index in [1.807, 2.05) is 42.5 Å². The number of pyridine rings is 1. The fourth-order valence-electron chi connectivity index (χ4n) is 3.02. The van der Waals surface area contributed by atoms with Gasteiger partial charge in [0.15, 0.2) is 5.17 Å². The lowest BCUT2D eigenvalue weighted by molar-refractivity contribution is -0.111. The van der Waals surface area contributed by atoms with Crippen LogP contribution in [0.4, 0.5) is 5.69 Å². The zero-order valence-corrected chi connectivity index (χ0v) is 16.0. The monoisotopic (exact) mass is 368 g/mol. The Bertz CT molecular complexity index is 761. The molecule has 2 aromatic rings. The number of aliphatic imine (C=N–C) groups is 1. The van der Waals surface area contributed by atoms with Crippen LogP contribution < -0.4 is 0 Å². The maximum absolute atomic E-state index is 12.0. The first-order valence-corrected chi connectivity index (χ1v) is 9.79. The molecule has 5 nitrogen and oxygen atoms in total. The zero-order valence-electron chi connectivity index (χ0n) is 15.2. The molecular formula is C20H24N4OS. The van der Waals surface area contributed by atoms with Crippen molar-refractivity contribution in [3.8, 4) is 0 Å². The van der Waals surface area contributed by atoms with Gasteiger partial charge in [0, 0.05) is 24.8 Å². The first-order valence-electron chi connectivity index (χ1n) is 8.97. The van der Waals surface area contributed by atoms with Gasteiger partial charge in [0.2, 0.25) is 0 Å². The minimum Gasteiger partial charge on any atom is -0.336 e. The number of carbonyl (C=O) groups excluding carboxylic acids is 1. The van der Waals surface area contributed by atoms with E-state index in [1.165, 1.54) is 11.8 Å². The Labute approximate surface area is 159 Å². The smallest absolute Gasteiger partial charge is 0.171 e. The van der Waals surface area contributed by atoms with Crippen molar-refractivity contribution >= 4 is 28.9 Å². The molecule has 0 aliphatic carbocycles. The van der Waals surface area contributed by atoms with E-state index in [2.05, 4.69) is 28.6 Å².